The number of hydrogen-bond donors (Lipinski definition) is 1. The fourth-order valence-corrected chi connectivity index (χ4v) is 4.38. The van der Waals surface area contributed by atoms with Crippen molar-refractivity contribution < 1.29 is 14.2 Å². The molecule has 1 aromatic carbocycles. The number of rotatable bonds is 4. The highest BCUT2D eigenvalue weighted by Crippen LogP contribution is 2.39. The fraction of sp³-hybridized carbons (Fsp3) is 0.375. The highest BCUT2D eigenvalue weighted by molar-refractivity contribution is 5.78. The Hall–Kier alpha value is -3.23. The molecule has 0 radical (unpaired) electrons. The van der Waals surface area contributed by atoms with Gasteiger partial charge in [-0.2, -0.15) is 10.1 Å². The molecule has 0 spiro atoms. The van der Waals surface area contributed by atoms with Crippen molar-refractivity contribution in [3.8, 4) is 34.0 Å². The van der Waals surface area contributed by atoms with Crippen molar-refractivity contribution >= 4 is 5.82 Å². The van der Waals surface area contributed by atoms with Crippen LogP contribution in [0.5, 0.6) is 11.8 Å². The molecule has 0 bridgehead atoms. The number of nitrogens with two attached hydrogens (primary N) is 1. The molecule has 8 nitrogen and oxygen atoms in total. The summed E-state index contributed by atoms with van der Waals surface area (Å²) in [6.45, 7) is 1.80. The summed E-state index contributed by atoms with van der Waals surface area (Å²) in [5.41, 5.74) is 11.4. The number of hydrogen-bond acceptors (Lipinski definition) is 8. The number of methoxy groups -OCH3 is 1. The fourth-order valence-electron chi connectivity index (χ4n) is 4.38. The van der Waals surface area contributed by atoms with E-state index in [1.807, 2.05) is 6.07 Å². The SMILES string of the molecule is COc1cc(-c2ccc3c(c2)COc2nc(N(C)[C@H]4CCOC[C@H](N)C4)ccc2-3)cnn1. The number of benzene rings is 1. The molecular weight excluding hydrogens is 406 g/mol. The standard InChI is InChI=1S/C24H27N5O3/c1-29(19-7-8-31-14-18(25)11-19)22-6-5-21-20-4-3-15(9-17(20)13-32-24(21)27-22)16-10-23(30-2)28-26-12-16/h3-6,9-10,12,18-19H,7-8,11,13-14,25H2,1-2H3/t18-,19+/m1/s1. The minimum absolute atomic E-state index is 0.0514. The molecule has 2 aliphatic rings. The molecule has 2 N–H and O–H groups in total. The molecule has 3 aromatic rings. The third-order valence-corrected chi connectivity index (χ3v) is 6.19. The van der Waals surface area contributed by atoms with E-state index in [4.69, 9.17) is 24.9 Å². The summed E-state index contributed by atoms with van der Waals surface area (Å²) in [6.07, 6.45) is 3.55. The summed E-state index contributed by atoms with van der Waals surface area (Å²) >= 11 is 0. The minimum Gasteiger partial charge on any atom is -0.480 e. The molecule has 2 aliphatic heterocycles. The minimum atomic E-state index is 0.0514. The Morgan fingerprint density at radius 2 is 2.00 bits per heavy atom. The van der Waals surface area contributed by atoms with Crippen molar-refractivity contribution in [2.45, 2.75) is 31.5 Å². The van der Waals surface area contributed by atoms with E-state index in [2.05, 4.69) is 52.5 Å². The molecule has 32 heavy (non-hydrogen) atoms. The molecule has 0 saturated carbocycles. The van der Waals surface area contributed by atoms with Gasteiger partial charge in [0, 0.05) is 42.9 Å². The second-order valence-electron chi connectivity index (χ2n) is 8.29. The second kappa shape index (κ2) is 8.72. The molecular formula is C24H27N5O3. The topological polar surface area (TPSA) is 95.6 Å². The van der Waals surface area contributed by atoms with E-state index in [0.29, 0.717) is 31.0 Å². The maximum Gasteiger partial charge on any atom is 0.233 e. The van der Waals surface area contributed by atoms with Crippen LogP contribution in [-0.2, 0) is 11.3 Å². The predicted octanol–water partition coefficient (Wildman–Crippen LogP) is 3.05. The zero-order valence-corrected chi connectivity index (χ0v) is 18.3. The highest BCUT2D eigenvalue weighted by atomic mass is 16.5. The Balaban J connectivity index is 1.42. The highest BCUT2D eigenvalue weighted by Gasteiger charge is 2.25. The molecule has 4 heterocycles. The smallest absolute Gasteiger partial charge is 0.233 e. The van der Waals surface area contributed by atoms with Gasteiger partial charge in [-0.1, -0.05) is 12.1 Å². The van der Waals surface area contributed by atoms with Gasteiger partial charge in [0.1, 0.15) is 12.4 Å². The summed E-state index contributed by atoms with van der Waals surface area (Å²) in [5, 5.41) is 7.96. The summed E-state index contributed by atoms with van der Waals surface area (Å²) in [5.74, 6) is 2.04. The van der Waals surface area contributed by atoms with Crippen molar-refractivity contribution in [3.05, 3.63) is 48.2 Å². The van der Waals surface area contributed by atoms with Crippen LogP contribution in [0.2, 0.25) is 0 Å². The maximum absolute atomic E-state index is 6.16. The average Bonchev–Trinajstić information content (AvgIpc) is 3.07. The Morgan fingerprint density at radius 3 is 2.88 bits per heavy atom. The van der Waals surface area contributed by atoms with Crippen LogP contribution in [0.1, 0.15) is 18.4 Å². The van der Waals surface area contributed by atoms with Crippen LogP contribution in [0.3, 0.4) is 0 Å². The molecule has 166 valence electrons. The van der Waals surface area contributed by atoms with Gasteiger partial charge < -0.3 is 24.8 Å². The molecule has 2 aromatic heterocycles. The van der Waals surface area contributed by atoms with Crippen molar-refractivity contribution in [2.24, 2.45) is 5.73 Å². The lowest BCUT2D eigenvalue weighted by atomic mass is 9.95. The second-order valence-corrected chi connectivity index (χ2v) is 8.29. The Bertz CT molecular complexity index is 1120. The number of nitrogens with zero attached hydrogens (tertiary/aromatic N) is 4. The largest absolute Gasteiger partial charge is 0.480 e. The van der Waals surface area contributed by atoms with E-state index in [9.17, 15) is 0 Å². The van der Waals surface area contributed by atoms with Crippen LogP contribution in [0.15, 0.2) is 42.6 Å². The van der Waals surface area contributed by atoms with Crippen LogP contribution in [0.25, 0.3) is 22.3 Å². The lowest BCUT2D eigenvalue weighted by Crippen LogP contribution is -2.37. The van der Waals surface area contributed by atoms with Gasteiger partial charge in [-0.25, -0.2) is 0 Å². The zero-order valence-electron chi connectivity index (χ0n) is 18.3. The molecule has 0 unspecified atom stereocenters. The average molecular weight is 434 g/mol. The molecule has 0 amide bonds. The Morgan fingerprint density at radius 1 is 1.12 bits per heavy atom. The molecule has 0 aliphatic carbocycles. The lowest BCUT2D eigenvalue weighted by molar-refractivity contribution is 0.134. The molecule has 1 fully saturated rings. The molecule has 8 heteroatoms. The predicted molar refractivity (Wildman–Crippen MR) is 122 cm³/mol. The van der Waals surface area contributed by atoms with Crippen LogP contribution in [0.4, 0.5) is 5.82 Å². The van der Waals surface area contributed by atoms with Gasteiger partial charge in [-0.15, -0.1) is 5.10 Å². The van der Waals surface area contributed by atoms with E-state index in [-0.39, 0.29) is 6.04 Å². The number of pyridine rings is 1. The third-order valence-electron chi connectivity index (χ3n) is 6.19. The van der Waals surface area contributed by atoms with E-state index in [0.717, 1.165) is 53.1 Å². The van der Waals surface area contributed by atoms with Crippen molar-refractivity contribution in [1.82, 2.24) is 15.2 Å². The van der Waals surface area contributed by atoms with Gasteiger partial charge in [0.25, 0.3) is 0 Å². The Labute approximate surface area is 187 Å². The van der Waals surface area contributed by atoms with Gasteiger partial charge in [0.2, 0.25) is 11.8 Å². The van der Waals surface area contributed by atoms with Crippen molar-refractivity contribution in [1.29, 1.82) is 0 Å². The Kier molecular flexibility index (Phi) is 5.63. The van der Waals surface area contributed by atoms with Crippen LogP contribution < -0.4 is 20.1 Å². The van der Waals surface area contributed by atoms with Crippen molar-refractivity contribution in [3.63, 3.8) is 0 Å². The van der Waals surface area contributed by atoms with Gasteiger partial charge in [0.15, 0.2) is 0 Å². The first-order valence-electron chi connectivity index (χ1n) is 10.8. The summed E-state index contributed by atoms with van der Waals surface area (Å²) < 4.78 is 16.9. The quantitative estimate of drug-likeness (QED) is 0.671. The van der Waals surface area contributed by atoms with Gasteiger partial charge in [-0.05, 0) is 47.7 Å². The van der Waals surface area contributed by atoms with E-state index >= 15 is 0 Å². The molecule has 5 rings (SSSR count). The maximum atomic E-state index is 6.16. The molecule has 2 atom stereocenters. The van der Waals surface area contributed by atoms with Crippen LogP contribution in [-0.4, -0.2) is 54.6 Å². The van der Waals surface area contributed by atoms with Crippen molar-refractivity contribution in [2.75, 3.05) is 32.3 Å². The lowest BCUT2D eigenvalue weighted by Gasteiger charge is -2.30. The molecule has 1 saturated heterocycles. The first-order chi connectivity index (χ1) is 15.6. The van der Waals surface area contributed by atoms with Gasteiger partial charge in [-0.3, -0.25) is 0 Å². The number of fused-ring (bicyclic) bond motifs is 3. The normalized spacial score (nSPS) is 19.8. The number of anilines is 1. The first kappa shape index (κ1) is 20.7. The number of aromatic nitrogens is 3. The van der Waals surface area contributed by atoms with E-state index in [1.54, 1.807) is 13.3 Å². The van der Waals surface area contributed by atoms with E-state index in [1.165, 1.54) is 0 Å². The van der Waals surface area contributed by atoms with Crippen LogP contribution in [0, 0.1) is 0 Å². The third kappa shape index (κ3) is 3.99. The van der Waals surface area contributed by atoms with Gasteiger partial charge >= 0.3 is 0 Å². The number of ether oxygens (including phenoxy) is 3. The summed E-state index contributed by atoms with van der Waals surface area (Å²) in [6, 6.07) is 12.7. The zero-order chi connectivity index (χ0) is 22.1. The van der Waals surface area contributed by atoms with Gasteiger partial charge in [0.05, 0.1) is 19.9 Å². The summed E-state index contributed by atoms with van der Waals surface area (Å²) in [4.78, 5) is 7.03. The monoisotopic (exact) mass is 433 g/mol. The van der Waals surface area contributed by atoms with Crippen LogP contribution >= 0.6 is 0 Å². The van der Waals surface area contributed by atoms with E-state index < -0.39 is 0 Å². The first-order valence-corrected chi connectivity index (χ1v) is 10.8. The summed E-state index contributed by atoms with van der Waals surface area (Å²) in [7, 11) is 3.65.